The minimum absolute atomic E-state index is 0.113. The molecule has 4 heteroatoms. The number of aryl methyl sites for hydroxylation is 1. The molecule has 102 valence electrons. The maximum atomic E-state index is 13.3. The molecule has 0 saturated heterocycles. The van der Waals surface area contributed by atoms with E-state index in [1.807, 2.05) is 18.5 Å². The maximum Gasteiger partial charge on any atom is 0.126 e. The van der Waals surface area contributed by atoms with E-state index in [9.17, 15) is 4.39 Å². The summed E-state index contributed by atoms with van der Waals surface area (Å²) in [5.41, 5.74) is 0.983. The topological polar surface area (TPSA) is 29.9 Å². The highest BCUT2D eigenvalue weighted by Gasteiger charge is 2.16. The summed E-state index contributed by atoms with van der Waals surface area (Å²) >= 11 is 0. The zero-order chi connectivity index (χ0) is 13.7. The van der Waals surface area contributed by atoms with Gasteiger partial charge in [-0.2, -0.15) is 0 Å². The summed E-state index contributed by atoms with van der Waals surface area (Å²) in [6.45, 7) is 5.91. The molecule has 1 aromatic heterocycles. The van der Waals surface area contributed by atoms with Crippen LogP contribution in [0, 0.1) is 5.82 Å². The van der Waals surface area contributed by atoms with Crippen LogP contribution in [0.3, 0.4) is 0 Å². The fraction of sp³-hybridized carbons (Fsp3) is 0.400. The monoisotopic (exact) mass is 261 g/mol. The van der Waals surface area contributed by atoms with Crippen molar-refractivity contribution in [1.82, 2.24) is 14.9 Å². The third kappa shape index (κ3) is 3.41. The van der Waals surface area contributed by atoms with Crippen molar-refractivity contribution in [3.8, 4) is 0 Å². The molecule has 0 saturated carbocycles. The Labute approximate surface area is 113 Å². The van der Waals surface area contributed by atoms with Crippen LogP contribution < -0.4 is 5.32 Å². The maximum absolute atomic E-state index is 13.3. The lowest BCUT2D eigenvalue weighted by atomic mass is 10.0. The minimum Gasteiger partial charge on any atom is -0.334 e. The summed E-state index contributed by atoms with van der Waals surface area (Å²) in [5.74, 6) is 0.820. The standard InChI is InChI=1S/C15H20FN3/c1-3-17-14(15-18-8-9-19(15)4-2)11-12-6-5-7-13(16)10-12/h5-10,14,17H,3-4,11H2,1-2H3. The second-order valence-electron chi connectivity index (χ2n) is 4.52. The lowest BCUT2D eigenvalue weighted by molar-refractivity contribution is 0.494. The normalized spacial score (nSPS) is 12.6. The number of rotatable bonds is 6. The highest BCUT2D eigenvalue weighted by Crippen LogP contribution is 2.17. The summed E-state index contributed by atoms with van der Waals surface area (Å²) in [7, 11) is 0. The summed E-state index contributed by atoms with van der Waals surface area (Å²) < 4.78 is 15.4. The Morgan fingerprint density at radius 1 is 1.37 bits per heavy atom. The molecule has 0 bridgehead atoms. The average Bonchev–Trinajstić information content (AvgIpc) is 2.86. The molecule has 0 spiro atoms. The van der Waals surface area contributed by atoms with Crippen molar-refractivity contribution in [2.75, 3.05) is 6.54 Å². The van der Waals surface area contributed by atoms with E-state index in [1.54, 1.807) is 12.1 Å². The van der Waals surface area contributed by atoms with Crippen molar-refractivity contribution >= 4 is 0 Å². The molecule has 0 fully saturated rings. The molecule has 0 aliphatic rings. The number of halogens is 1. The van der Waals surface area contributed by atoms with Gasteiger partial charge in [-0.25, -0.2) is 9.37 Å². The first-order valence-corrected chi connectivity index (χ1v) is 6.73. The Kier molecular flexibility index (Phi) is 4.68. The van der Waals surface area contributed by atoms with Crippen LogP contribution >= 0.6 is 0 Å². The van der Waals surface area contributed by atoms with Crippen LogP contribution in [0.2, 0.25) is 0 Å². The van der Waals surface area contributed by atoms with Gasteiger partial charge in [0.05, 0.1) is 6.04 Å². The van der Waals surface area contributed by atoms with E-state index in [-0.39, 0.29) is 11.9 Å². The number of nitrogens with one attached hydrogen (secondary N) is 1. The molecule has 2 aromatic rings. The molecule has 0 radical (unpaired) electrons. The molecule has 2 rings (SSSR count). The number of aromatic nitrogens is 2. The minimum atomic E-state index is -0.188. The lowest BCUT2D eigenvalue weighted by Crippen LogP contribution is -2.26. The first-order chi connectivity index (χ1) is 9.24. The van der Waals surface area contributed by atoms with Crippen molar-refractivity contribution in [3.63, 3.8) is 0 Å². The summed E-state index contributed by atoms with van der Waals surface area (Å²) in [5, 5.41) is 3.42. The Hall–Kier alpha value is -1.68. The average molecular weight is 261 g/mol. The van der Waals surface area contributed by atoms with Gasteiger partial charge in [-0.3, -0.25) is 0 Å². The smallest absolute Gasteiger partial charge is 0.126 e. The van der Waals surface area contributed by atoms with Gasteiger partial charge in [-0.05, 0) is 37.6 Å². The number of hydrogen-bond donors (Lipinski definition) is 1. The first-order valence-electron chi connectivity index (χ1n) is 6.73. The van der Waals surface area contributed by atoms with E-state index in [0.29, 0.717) is 0 Å². The number of nitrogens with zero attached hydrogens (tertiary/aromatic N) is 2. The summed E-state index contributed by atoms with van der Waals surface area (Å²) in [4.78, 5) is 4.43. The van der Waals surface area contributed by atoms with Crippen LogP contribution in [0.15, 0.2) is 36.7 Å². The van der Waals surface area contributed by atoms with E-state index < -0.39 is 0 Å². The predicted octanol–water partition coefficient (Wildman–Crippen LogP) is 2.94. The van der Waals surface area contributed by atoms with Crippen LogP contribution in [0.1, 0.15) is 31.3 Å². The van der Waals surface area contributed by atoms with E-state index in [2.05, 4.69) is 28.7 Å². The van der Waals surface area contributed by atoms with Gasteiger partial charge in [0.15, 0.2) is 0 Å². The predicted molar refractivity (Wildman–Crippen MR) is 74.4 cm³/mol. The first kappa shape index (κ1) is 13.7. The molecule has 1 heterocycles. The van der Waals surface area contributed by atoms with Crippen LogP contribution in [0.25, 0.3) is 0 Å². The molecule has 0 aliphatic carbocycles. The van der Waals surface area contributed by atoms with Crippen LogP contribution in [0.5, 0.6) is 0 Å². The third-order valence-corrected chi connectivity index (χ3v) is 3.18. The van der Waals surface area contributed by atoms with Gasteiger partial charge < -0.3 is 9.88 Å². The van der Waals surface area contributed by atoms with Gasteiger partial charge in [-0.1, -0.05) is 19.1 Å². The van der Waals surface area contributed by atoms with Gasteiger partial charge >= 0.3 is 0 Å². The highest BCUT2D eigenvalue weighted by molar-refractivity contribution is 5.19. The van der Waals surface area contributed by atoms with E-state index in [4.69, 9.17) is 0 Å². The van der Waals surface area contributed by atoms with Crippen molar-refractivity contribution in [2.24, 2.45) is 0 Å². The molecule has 0 aliphatic heterocycles. The van der Waals surface area contributed by atoms with E-state index >= 15 is 0 Å². The Balaban J connectivity index is 2.21. The quantitative estimate of drug-likeness (QED) is 0.866. The van der Waals surface area contributed by atoms with Gasteiger partial charge in [-0.15, -0.1) is 0 Å². The van der Waals surface area contributed by atoms with E-state index in [1.165, 1.54) is 6.07 Å². The molecule has 3 nitrogen and oxygen atoms in total. The summed E-state index contributed by atoms with van der Waals surface area (Å²) in [6.07, 6.45) is 4.53. The largest absolute Gasteiger partial charge is 0.334 e. The van der Waals surface area contributed by atoms with Crippen LogP contribution in [-0.4, -0.2) is 16.1 Å². The fourth-order valence-electron chi connectivity index (χ4n) is 2.30. The molecule has 1 N–H and O–H groups in total. The Morgan fingerprint density at radius 2 is 2.21 bits per heavy atom. The zero-order valence-corrected chi connectivity index (χ0v) is 11.4. The molecule has 1 unspecified atom stereocenters. The summed E-state index contributed by atoms with van der Waals surface area (Å²) in [6, 6.07) is 6.87. The number of imidazole rings is 1. The van der Waals surface area contributed by atoms with Gasteiger partial charge in [0.25, 0.3) is 0 Å². The fourth-order valence-corrected chi connectivity index (χ4v) is 2.30. The lowest BCUT2D eigenvalue weighted by Gasteiger charge is -2.18. The number of likely N-dealkylation sites (N-methyl/N-ethyl adjacent to an activating group) is 1. The second kappa shape index (κ2) is 6.48. The molecule has 0 amide bonds. The van der Waals surface area contributed by atoms with Crippen molar-refractivity contribution in [1.29, 1.82) is 0 Å². The number of benzene rings is 1. The SMILES string of the molecule is CCNC(Cc1cccc(F)c1)c1nccn1CC. The Bertz CT molecular complexity index is 522. The van der Waals surface area contributed by atoms with E-state index in [0.717, 1.165) is 30.9 Å². The molecule has 1 aromatic carbocycles. The van der Waals surface area contributed by atoms with Crippen LogP contribution in [-0.2, 0) is 13.0 Å². The highest BCUT2D eigenvalue weighted by atomic mass is 19.1. The third-order valence-electron chi connectivity index (χ3n) is 3.18. The van der Waals surface area contributed by atoms with Crippen molar-refractivity contribution in [3.05, 3.63) is 53.9 Å². The molecule has 19 heavy (non-hydrogen) atoms. The second-order valence-corrected chi connectivity index (χ2v) is 4.52. The van der Waals surface area contributed by atoms with Crippen LogP contribution in [0.4, 0.5) is 4.39 Å². The molecular formula is C15H20FN3. The molecular weight excluding hydrogens is 241 g/mol. The van der Waals surface area contributed by atoms with Gasteiger partial charge in [0.1, 0.15) is 11.6 Å². The van der Waals surface area contributed by atoms with Crippen molar-refractivity contribution < 1.29 is 4.39 Å². The number of hydrogen-bond acceptors (Lipinski definition) is 2. The van der Waals surface area contributed by atoms with Gasteiger partial charge in [0.2, 0.25) is 0 Å². The Morgan fingerprint density at radius 3 is 2.89 bits per heavy atom. The zero-order valence-electron chi connectivity index (χ0n) is 11.4. The molecule has 1 atom stereocenters. The van der Waals surface area contributed by atoms with Crippen molar-refractivity contribution in [2.45, 2.75) is 32.9 Å². The van der Waals surface area contributed by atoms with Gasteiger partial charge in [0, 0.05) is 18.9 Å².